The van der Waals surface area contributed by atoms with Crippen LogP contribution >= 0.6 is 11.6 Å². The van der Waals surface area contributed by atoms with Gasteiger partial charge in [0.25, 0.3) is 0 Å². The minimum Gasteiger partial charge on any atom is -0.497 e. The lowest BCUT2D eigenvalue weighted by Gasteiger charge is -2.03. The highest BCUT2D eigenvalue weighted by atomic mass is 35.5. The van der Waals surface area contributed by atoms with Gasteiger partial charge < -0.3 is 9.47 Å². The van der Waals surface area contributed by atoms with Crippen LogP contribution in [0.3, 0.4) is 0 Å². The van der Waals surface area contributed by atoms with Crippen molar-refractivity contribution in [2.75, 3.05) is 19.6 Å². The Labute approximate surface area is 95.5 Å². The molecule has 0 unspecified atom stereocenters. The number of alkyl halides is 1. The van der Waals surface area contributed by atoms with Gasteiger partial charge in [0.1, 0.15) is 5.75 Å². The molecule has 0 aliphatic carbocycles. The number of hydrogen-bond acceptors (Lipinski definition) is 2. The molecule has 0 N–H and O–H groups in total. The van der Waals surface area contributed by atoms with Crippen LogP contribution in [0.1, 0.15) is 5.56 Å². The predicted octanol–water partition coefficient (Wildman–Crippen LogP) is 3.01. The highest BCUT2D eigenvalue weighted by Crippen LogP contribution is 2.11. The van der Waals surface area contributed by atoms with Crippen LogP contribution in [0.25, 0.3) is 0 Å². The summed E-state index contributed by atoms with van der Waals surface area (Å²) in [5.74, 6) is 1.40. The zero-order chi connectivity index (χ0) is 10.9. The molecule has 82 valence electrons. The summed E-state index contributed by atoms with van der Waals surface area (Å²) in [6, 6.07) is 7.83. The van der Waals surface area contributed by atoms with Crippen molar-refractivity contribution in [2.45, 2.75) is 6.61 Å². The van der Waals surface area contributed by atoms with Crippen LogP contribution in [-0.2, 0) is 11.3 Å². The van der Waals surface area contributed by atoms with Crippen LogP contribution in [0.4, 0.5) is 0 Å². The zero-order valence-electron chi connectivity index (χ0n) is 8.78. The maximum absolute atomic E-state index is 5.47. The molecule has 1 aromatic rings. The Balaban J connectivity index is 2.28. The Morgan fingerprint density at radius 2 is 1.93 bits per heavy atom. The molecule has 0 radical (unpaired) electrons. The number of benzene rings is 1. The molecular weight excluding hydrogens is 212 g/mol. The Morgan fingerprint density at radius 3 is 2.53 bits per heavy atom. The number of ether oxygens (including phenoxy) is 2. The van der Waals surface area contributed by atoms with Crippen molar-refractivity contribution in [3.05, 3.63) is 42.0 Å². The largest absolute Gasteiger partial charge is 0.497 e. The molecule has 0 fully saturated rings. The molecule has 1 rings (SSSR count). The van der Waals surface area contributed by atoms with Gasteiger partial charge in [0, 0.05) is 5.88 Å². The lowest BCUT2D eigenvalue weighted by Crippen LogP contribution is -1.93. The molecule has 0 amide bonds. The first-order valence-electron chi connectivity index (χ1n) is 4.78. The second-order valence-electron chi connectivity index (χ2n) is 2.99. The highest BCUT2D eigenvalue weighted by molar-refractivity contribution is 6.18. The van der Waals surface area contributed by atoms with Crippen molar-refractivity contribution < 1.29 is 9.47 Å². The van der Waals surface area contributed by atoms with E-state index in [2.05, 4.69) is 0 Å². The summed E-state index contributed by atoms with van der Waals surface area (Å²) in [5, 5.41) is 0. The number of halogens is 1. The van der Waals surface area contributed by atoms with Gasteiger partial charge in [0.15, 0.2) is 0 Å². The van der Waals surface area contributed by atoms with Crippen LogP contribution in [0.5, 0.6) is 5.75 Å². The first kappa shape index (κ1) is 12.1. The van der Waals surface area contributed by atoms with E-state index < -0.39 is 0 Å². The Morgan fingerprint density at radius 1 is 1.20 bits per heavy atom. The Kier molecular flexibility index (Phi) is 5.90. The fraction of sp³-hybridized carbons (Fsp3) is 0.333. The predicted molar refractivity (Wildman–Crippen MR) is 62.5 cm³/mol. The quantitative estimate of drug-likeness (QED) is 0.422. The fourth-order valence-electron chi connectivity index (χ4n) is 1.10. The van der Waals surface area contributed by atoms with E-state index in [1.165, 1.54) is 0 Å². The summed E-state index contributed by atoms with van der Waals surface area (Å²) in [5.41, 5.74) is 1.13. The van der Waals surface area contributed by atoms with Crippen molar-refractivity contribution >= 4 is 11.6 Å². The van der Waals surface area contributed by atoms with Crippen molar-refractivity contribution in [1.29, 1.82) is 0 Å². The normalized spacial score (nSPS) is 10.8. The van der Waals surface area contributed by atoms with Crippen LogP contribution in [0.15, 0.2) is 36.4 Å². The molecule has 0 aliphatic rings. The Bertz CT molecular complexity index is 293. The lowest BCUT2D eigenvalue weighted by atomic mass is 10.2. The average Bonchev–Trinajstić information content (AvgIpc) is 2.30. The topological polar surface area (TPSA) is 18.5 Å². The van der Waals surface area contributed by atoms with Crippen molar-refractivity contribution in [2.24, 2.45) is 0 Å². The molecule has 3 heteroatoms. The van der Waals surface area contributed by atoms with E-state index in [-0.39, 0.29) is 0 Å². The van der Waals surface area contributed by atoms with E-state index >= 15 is 0 Å². The molecule has 0 saturated heterocycles. The summed E-state index contributed by atoms with van der Waals surface area (Å²) in [6.07, 6.45) is 3.78. The fourth-order valence-corrected chi connectivity index (χ4v) is 1.22. The maximum atomic E-state index is 5.47. The van der Waals surface area contributed by atoms with Gasteiger partial charge in [-0.05, 0) is 17.7 Å². The second-order valence-corrected chi connectivity index (χ2v) is 3.30. The number of allylic oxidation sites excluding steroid dienone is 1. The first-order valence-corrected chi connectivity index (χ1v) is 5.32. The number of rotatable bonds is 6. The smallest absolute Gasteiger partial charge is 0.118 e. The van der Waals surface area contributed by atoms with Gasteiger partial charge in [-0.2, -0.15) is 0 Å². The third-order valence-corrected chi connectivity index (χ3v) is 2.08. The molecule has 0 bridgehead atoms. The minimum atomic E-state index is 0.534. The van der Waals surface area contributed by atoms with Gasteiger partial charge in [-0.1, -0.05) is 24.3 Å². The van der Waals surface area contributed by atoms with Gasteiger partial charge in [-0.15, -0.1) is 11.6 Å². The third-order valence-electron chi connectivity index (χ3n) is 1.90. The van der Waals surface area contributed by atoms with Crippen LogP contribution in [0.2, 0.25) is 0 Å². The SMILES string of the molecule is COc1ccc(COC/C=C/CCl)cc1. The average molecular weight is 227 g/mol. The maximum Gasteiger partial charge on any atom is 0.118 e. The Hall–Kier alpha value is -0.990. The van der Waals surface area contributed by atoms with E-state index in [1.54, 1.807) is 7.11 Å². The number of methoxy groups -OCH3 is 1. The summed E-state index contributed by atoms with van der Waals surface area (Å²) in [7, 11) is 1.66. The van der Waals surface area contributed by atoms with Gasteiger partial charge in [-0.3, -0.25) is 0 Å². The molecule has 0 aromatic heterocycles. The van der Waals surface area contributed by atoms with Crippen molar-refractivity contribution in [3.8, 4) is 5.75 Å². The minimum absolute atomic E-state index is 0.534. The lowest BCUT2D eigenvalue weighted by molar-refractivity contribution is 0.148. The molecule has 15 heavy (non-hydrogen) atoms. The van der Waals surface area contributed by atoms with Gasteiger partial charge in [0.2, 0.25) is 0 Å². The van der Waals surface area contributed by atoms with Crippen molar-refractivity contribution in [3.63, 3.8) is 0 Å². The van der Waals surface area contributed by atoms with Crippen LogP contribution < -0.4 is 4.74 Å². The molecule has 1 aromatic carbocycles. The molecule has 0 spiro atoms. The van der Waals surface area contributed by atoms with Crippen LogP contribution in [0, 0.1) is 0 Å². The van der Waals surface area contributed by atoms with E-state index in [0.29, 0.717) is 19.1 Å². The standard InChI is InChI=1S/C12H15ClO2/c1-14-12-6-4-11(5-7-12)10-15-9-3-2-8-13/h2-7H,8-10H2,1H3/b3-2+. The van der Waals surface area contributed by atoms with Crippen LogP contribution in [-0.4, -0.2) is 19.6 Å². The zero-order valence-corrected chi connectivity index (χ0v) is 9.54. The first-order chi connectivity index (χ1) is 7.36. The second kappa shape index (κ2) is 7.32. The molecule has 0 aliphatic heterocycles. The molecule has 0 heterocycles. The molecule has 0 atom stereocenters. The summed E-state index contributed by atoms with van der Waals surface area (Å²) in [6.45, 7) is 1.20. The van der Waals surface area contributed by atoms with Gasteiger partial charge in [0.05, 0.1) is 20.3 Å². The molecule has 0 saturated carbocycles. The van der Waals surface area contributed by atoms with E-state index in [9.17, 15) is 0 Å². The highest BCUT2D eigenvalue weighted by Gasteiger charge is 1.93. The van der Waals surface area contributed by atoms with Gasteiger partial charge >= 0.3 is 0 Å². The van der Waals surface area contributed by atoms with E-state index in [4.69, 9.17) is 21.1 Å². The van der Waals surface area contributed by atoms with Gasteiger partial charge in [-0.25, -0.2) is 0 Å². The summed E-state index contributed by atoms with van der Waals surface area (Å²) < 4.78 is 10.5. The monoisotopic (exact) mass is 226 g/mol. The summed E-state index contributed by atoms with van der Waals surface area (Å²) in [4.78, 5) is 0. The van der Waals surface area contributed by atoms with Crippen molar-refractivity contribution in [1.82, 2.24) is 0 Å². The van der Waals surface area contributed by atoms with E-state index in [0.717, 1.165) is 11.3 Å². The third kappa shape index (κ3) is 4.86. The number of hydrogen-bond donors (Lipinski definition) is 0. The summed E-state index contributed by atoms with van der Waals surface area (Å²) >= 11 is 5.47. The van der Waals surface area contributed by atoms with E-state index in [1.807, 2.05) is 36.4 Å². The molecular formula is C12H15ClO2. The molecule has 2 nitrogen and oxygen atoms in total.